The van der Waals surface area contributed by atoms with Crippen LogP contribution >= 0.6 is 0 Å². The zero-order valence-electron chi connectivity index (χ0n) is 15.3. The summed E-state index contributed by atoms with van der Waals surface area (Å²) in [6.45, 7) is 0. The number of hydrogen-bond acceptors (Lipinski definition) is 4. The van der Waals surface area contributed by atoms with Crippen molar-refractivity contribution in [3.63, 3.8) is 0 Å². The molecule has 0 aliphatic carbocycles. The molecule has 2 aromatic carbocycles. The molecule has 0 saturated carbocycles. The average molecular weight is 374 g/mol. The van der Waals surface area contributed by atoms with Crippen molar-refractivity contribution in [2.24, 2.45) is 0 Å². The van der Waals surface area contributed by atoms with Crippen molar-refractivity contribution in [1.82, 2.24) is 15.0 Å². The summed E-state index contributed by atoms with van der Waals surface area (Å²) in [5.74, 6) is 0. The van der Waals surface area contributed by atoms with E-state index in [1.165, 1.54) is 6.07 Å². The number of nitrogens with zero attached hydrogens (tertiary/aromatic N) is 3. The Labute approximate surface area is 165 Å². The summed E-state index contributed by atoms with van der Waals surface area (Å²) in [7, 11) is 0. The van der Waals surface area contributed by atoms with E-state index in [0.29, 0.717) is 16.9 Å². The molecule has 3 heterocycles. The Morgan fingerprint density at radius 2 is 1.79 bits per heavy atom. The third-order valence-electron chi connectivity index (χ3n) is 4.89. The van der Waals surface area contributed by atoms with Crippen LogP contribution in [0.1, 0.15) is 5.56 Å². The fourth-order valence-electron chi connectivity index (χ4n) is 3.50. The van der Waals surface area contributed by atoms with E-state index in [4.69, 9.17) is 4.98 Å². The van der Waals surface area contributed by atoms with E-state index in [9.17, 15) is 10.1 Å². The SMILES string of the molecule is N#Cc1cccc(-c2nc3[nH]c(=O)ccc3cc2-c2ccc3ncccc3c2)c1. The lowest BCUT2D eigenvalue weighted by atomic mass is 9.96. The van der Waals surface area contributed by atoms with Gasteiger partial charge in [0.1, 0.15) is 5.65 Å². The molecule has 0 aliphatic heterocycles. The minimum Gasteiger partial charge on any atom is -0.307 e. The maximum absolute atomic E-state index is 11.8. The highest BCUT2D eigenvalue weighted by Gasteiger charge is 2.13. The highest BCUT2D eigenvalue weighted by atomic mass is 16.1. The van der Waals surface area contributed by atoms with Gasteiger partial charge in [0.2, 0.25) is 5.56 Å². The second-order valence-corrected chi connectivity index (χ2v) is 6.75. The van der Waals surface area contributed by atoms with Crippen LogP contribution in [0.3, 0.4) is 0 Å². The number of H-pyrrole nitrogens is 1. The van der Waals surface area contributed by atoms with E-state index in [1.807, 2.05) is 42.5 Å². The van der Waals surface area contributed by atoms with E-state index in [-0.39, 0.29) is 5.56 Å². The van der Waals surface area contributed by atoms with E-state index in [0.717, 1.165) is 33.0 Å². The van der Waals surface area contributed by atoms with E-state index >= 15 is 0 Å². The monoisotopic (exact) mass is 374 g/mol. The summed E-state index contributed by atoms with van der Waals surface area (Å²) in [4.78, 5) is 23.7. The van der Waals surface area contributed by atoms with Crippen molar-refractivity contribution >= 4 is 21.9 Å². The molecule has 0 atom stereocenters. The predicted molar refractivity (Wildman–Crippen MR) is 113 cm³/mol. The topological polar surface area (TPSA) is 82.4 Å². The molecule has 5 aromatic rings. The van der Waals surface area contributed by atoms with Gasteiger partial charge in [-0.2, -0.15) is 5.26 Å². The summed E-state index contributed by atoms with van der Waals surface area (Å²) in [6, 6.07) is 24.8. The zero-order chi connectivity index (χ0) is 19.8. The van der Waals surface area contributed by atoms with Gasteiger partial charge in [-0.3, -0.25) is 9.78 Å². The molecule has 3 aromatic heterocycles. The van der Waals surface area contributed by atoms with Gasteiger partial charge in [0, 0.05) is 34.2 Å². The molecule has 29 heavy (non-hydrogen) atoms. The Morgan fingerprint density at radius 3 is 2.69 bits per heavy atom. The molecule has 0 aliphatic rings. The molecule has 0 fully saturated rings. The standard InChI is InChI=1S/C24H14N4O/c25-14-15-3-1-4-18(11-15)23-20(13-19-7-9-22(29)27-24(19)28-23)16-6-8-21-17(12-16)5-2-10-26-21/h1-13H,(H,27,28,29). The third-order valence-corrected chi connectivity index (χ3v) is 4.89. The molecule has 1 N–H and O–H groups in total. The first kappa shape index (κ1) is 16.8. The van der Waals surface area contributed by atoms with Crippen molar-refractivity contribution in [3.05, 3.63) is 94.9 Å². The van der Waals surface area contributed by atoms with Crippen LogP contribution in [-0.4, -0.2) is 15.0 Å². The van der Waals surface area contributed by atoms with E-state index in [2.05, 4.69) is 22.1 Å². The molecular weight excluding hydrogens is 360 g/mol. The minimum absolute atomic E-state index is 0.203. The first-order valence-corrected chi connectivity index (χ1v) is 9.11. The van der Waals surface area contributed by atoms with Gasteiger partial charge in [-0.25, -0.2) is 4.98 Å². The van der Waals surface area contributed by atoms with Crippen LogP contribution in [-0.2, 0) is 0 Å². The van der Waals surface area contributed by atoms with E-state index < -0.39 is 0 Å². The number of aromatic amines is 1. The Hall–Kier alpha value is -4.30. The molecule has 0 spiro atoms. The first-order chi connectivity index (χ1) is 14.2. The lowest BCUT2D eigenvalue weighted by Crippen LogP contribution is -2.04. The maximum Gasteiger partial charge on any atom is 0.249 e. The van der Waals surface area contributed by atoms with Gasteiger partial charge in [-0.1, -0.05) is 24.3 Å². The van der Waals surface area contributed by atoms with Gasteiger partial charge in [0.25, 0.3) is 0 Å². The molecular formula is C24H14N4O. The number of aromatic nitrogens is 3. The molecule has 5 rings (SSSR count). The van der Waals surface area contributed by atoms with Crippen LogP contribution in [0.25, 0.3) is 44.3 Å². The average Bonchev–Trinajstić information content (AvgIpc) is 2.78. The quantitative estimate of drug-likeness (QED) is 0.486. The lowest BCUT2D eigenvalue weighted by Gasteiger charge is -2.12. The smallest absolute Gasteiger partial charge is 0.249 e. The highest BCUT2D eigenvalue weighted by molar-refractivity contribution is 5.93. The Morgan fingerprint density at radius 1 is 0.862 bits per heavy atom. The predicted octanol–water partition coefficient (Wildman–Crippen LogP) is 4.68. The molecule has 0 radical (unpaired) electrons. The molecule has 5 nitrogen and oxygen atoms in total. The number of rotatable bonds is 2. The molecule has 0 amide bonds. The van der Waals surface area contributed by atoms with Crippen LogP contribution in [0.5, 0.6) is 0 Å². The highest BCUT2D eigenvalue weighted by Crippen LogP contribution is 2.34. The second-order valence-electron chi connectivity index (χ2n) is 6.75. The van der Waals surface area contributed by atoms with Crippen LogP contribution in [0.4, 0.5) is 0 Å². The molecule has 136 valence electrons. The number of hydrogen-bond donors (Lipinski definition) is 1. The number of nitriles is 1. The largest absolute Gasteiger partial charge is 0.307 e. The maximum atomic E-state index is 11.8. The molecule has 0 saturated heterocycles. The first-order valence-electron chi connectivity index (χ1n) is 9.11. The Kier molecular flexibility index (Phi) is 3.89. The van der Waals surface area contributed by atoms with Crippen LogP contribution in [0.2, 0.25) is 0 Å². The summed E-state index contributed by atoms with van der Waals surface area (Å²) in [5, 5.41) is 11.2. The van der Waals surface area contributed by atoms with Gasteiger partial charge in [0.05, 0.1) is 22.8 Å². The van der Waals surface area contributed by atoms with Gasteiger partial charge in [0.15, 0.2) is 0 Å². The van der Waals surface area contributed by atoms with Crippen molar-refractivity contribution in [2.45, 2.75) is 0 Å². The van der Waals surface area contributed by atoms with Crippen molar-refractivity contribution < 1.29 is 0 Å². The number of benzene rings is 2. The Bertz CT molecular complexity index is 1490. The molecule has 0 bridgehead atoms. The minimum atomic E-state index is -0.203. The zero-order valence-corrected chi connectivity index (χ0v) is 15.3. The molecule has 5 heteroatoms. The van der Waals surface area contributed by atoms with Gasteiger partial charge in [-0.15, -0.1) is 0 Å². The van der Waals surface area contributed by atoms with Crippen LogP contribution in [0.15, 0.2) is 83.8 Å². The van der Waals surface area contributed by atoms with Crippen LogP contribution < -0.4 is 5.56 Å². The molecule has 0 unspecified atom stereocenters. The number of fused-ring (bicyclic) bond motifs is 2. The van der Waals surface area contributed by atoms with Gasteiger partial charge in [-0.05, 0) is 48.0 Å². The summed E-state index contributed by atoms with van der Waals surface area (Å²) in [6.07, 6.45) is 1.77. The normalized spacial score (nSPS) is 10.9. The van der Waals surface area contributed by atoms with Gasteiger partial charge < -0.3 is 4.98 Å². The van der Waals surface area contributed by atoms with Crippen molar-refractivity contribution in [1.29, 1.82) is 5.26 Å². The van der Waals surface area contributed by atoms with Crippen LogP contribution in [0, 0.1) is 11.3 Å². The van der Waals surface area contributed by atoms with Gasteiger partial charge >= 0.3 is 0 Å². The second kappa shape index (κ2) is 6.70. The Balaban J connectivity index is 1.83. The number of pyridine rings is 3. The van der Waals surface area contributed by atoms with E-state index in [1.54, 1.807) is 24.4 Å². The fraction of sp³-hybridized carbons (Fsp3) is 0. The number of nitrogens with one attached hydrogen (secondary N) is 1. The summed E-state index contributed by atoms with van der Waals surface area (Å²) in [5.41, 5.74) is 5.22. The lowest BCUT2D eigenvalue weighted by molar-refractivity contribution is 1.23. The summed E-state index contributed by atoms with van der Waals surface area (Å²) >= 11 is 0. The summed E-state index contributed by atoms with van der Waals surface area (Å²) < 4.78 is 0. The fourth-order valence-corrected chi connectivity index (χ4v) is 3.50. The van der Waals surface area contributed by atoms with Crippen molar-refractivity contribution in [3.8, 4) is 28.5 Å². The third kappa shape index (κ3) is 3.03. The van der Waals surface area contributed by atoms with Crippen molar-refractivity contribution in [2.75, 3.05) is 0 Å².